The Labute approximate surface area is 146 Å². The Kier molecular flexibility index (Phi) is 4.32. The maximum atomic E-state index is 5.81. The van der Waals surface area contributed by atoms with E-state index < -0.39 is 0 Å². The summed E-state index contributed by atoms with van der Waals surface area (Å²) in [7, 11) is 0. The zero-order chi connectivity index (χ0) is 16.4. The summed E-state index contributed by atoms with van der Waals surface area (Å²) in [6.45, 7) is 3.12. The first-order valence-electron chi connectivity index (χ1n) is 8.40. The van der Waals surface area contributed by atoms with Crippen molar-refractivity contribution in [3.63, 3.8) is 0 Å². The summed E-state index contributed by atoms with van der Waals surface area (Å²) in [6.07, 6.45) is 6.56. The Morgan fingerprint density at radius 1 is 1.08 bits per heavy atom. The molecule has 0 saturated carbocycles. The minimum atomic E-state index is 0.713. The molecule has 0 fully saturated rings. The molecule has 4 rings (SSSR count). The van der Waals surface area contributed by atoms with E-state index in [1.807, 2.05) is 0 Å². The summed E-state index contributed by atoms with van der Waals surface area (Å²) < 4.78 is 0. The molecule has 2 heterocycles. The van der Waals surface area contributed by atoms with Crippen molar-refractivity contribution in [2.24, 2.45) is 0 Å². The van der Waals surface area contributed by atoms with Crippen LogP contribution in [-0.2, 0) is 12.8 Å². The molecule has 0 saturated heterocycles. The lowest BCUT2D eigenvalue weighted by Gasteiger charge is -2.17. The third-order valence-electron chi connectivity index (χ3n) is 4.56. The van der Waals surface area contributed by atoms with E-state index in [0.717, 1.165) is 32.5 Å². The topological polar surface area (TPSA) is 42.1 Å². The van der Waals surface area contributed by atoms with Crippen molar-refractivity contribution >= 4 is 33.3 Å². The third kappa shape index (κ3) is 3.35. The molecule has 0 spiro atoms. The van der Waals surface area contributed by atoms with E-state index in [-0.39, 0.29) is 0 Å². The normalized spacial score (nSPS) is 15.7. The molecule has 0 atom stereocenters. The lowest BCUT2D eigenvalue weighted by atomic mass is 10.1. The van der Waals surface area contributed by atoms with Gasteiger partial charge in [-0.2, -0.15) is 0 Å². The van der Waals surface area contributed by atoms with Gasteiger partial charge < -0.3 is 5.73 Å². The molecule has 4 heteroatoms. The Balaban J connectivity index is 1.39. The molecular formula is C20H21N3S. The SMILES string of the molecule is Nc1nc2c(s1)CCN(CC=Cc1ccc3ccccc3c1)CC2. The van der Waals surface area contributed by atoms with Gasteiger partial charge in [-0.05, 0) is 28.8 Å². The predicted molar refractivity (Wildman–Crippen MR) is 103 cm³/mol. The number of nitrogens with zero attached hydrogens (tertiary/aromatic N) is 2. The second-order valence-corrected chi connectivity index (χ2v) is 7.35. The van der Waals surface area contributed by atoms with E-state index in [9.17, 15) is 0 Å². The van der Waals surface area contributed by atoms with Crippen LogP contribution in [0.2, 0.25) is 0 Å². The van der Waals surface area contributed by atoms with Crippen molar-refractivity contribution in [1.29, 1.82) is 0 Å². The third-order valence-corrected chi connectivity index (χ3v) is 5.55. The maximum Gasteiger partial charge on any atom is 0.180 e. The van der Waals surface area contributed by atoms with E-state index >= 15 is 0 Å². The highest BCUT2D eigenvalue weighted by molar-refractivity contribution is 7.15. The van der Waals surface area contributed by atoms with Crippen LogP contribution in [0.3, 0.4) is 0 Å². The van der Waals surface area contributed by atoms with Crippen LogP contribution < -0.4 is 5.73 Å². The number of thiazole rings is 1. The number of fused-ring (bicyclic) bond motifs is 2. The molecule has 1 aliphatic rings. The van der Waals surface area contributed by atoms with Gasteiger partial charge >= 0.3 is 0 Å². The highest BCUT2D eigenvalue weighted by Gasteiger charge is 2.16. The van der Waals surface area contributed by atoms with E-state index in [4.69, 9.17) is 5.73 Å². The van der Waals surface area contributed by atoms with Gasteiger partial charge in [0.1, 0.15) is 0 Å². The molecule has 3 aromatic rings. The van der Waals surface area contributed by atoms with Gasteiger partial charge in [0.05, 0.1) is 5.69 Å². The molecule has 0 bridgehead atoms. The summed E-state index contributed by atoms with van der Waals surface area (Å²) in [4.78, 5) is 8.31. The number of anilines is 1. The zero-order valence-corrected chi connectivity index (χ0v) is 14.4. The van der Waals surface area contributed by atoms with Crippen molar-refractivity contribution in [3.8, 4) is 0 Å². The molecular weight excluding hydrogens is 314 g/mol. The first-order chi connectivity index (χ1) is 11.8. The van der Waals surface area contributed by atoms with Crippen LogP contribution in [0.5, 0.6) is 0 Å². The fraction of sp³-hybridized carbons (Fsp3) is 0.250. The van der Waals surface area contributed by atoms with Crippen LogP contribution >= 0.6 is 11.3 Å². The van der Waals surface area contributed by atoms with Gasteiger partial charge in [0.25, 0.3) is 0 Å². The van der Waals surface area contributed by atoms with Gasteiger partial charge in [-0.1, -0.05) is 48.6 Å². The van der Waals surface area contributed by atoms with Gasteiger partial charge in [-0.15, -0.1) is 11.3 Å². The number of rotatable bonds is 3. The van der Waals surface area contributed by atoms with Crippen molar-refractivity contribution in [2.45, 2.75) is 12.8 Å². The quantitative estimate of drug-likeness (QED) is 0.787. The fourth-order valence-electron chi connectivity index (χ4n) is 3.26. The number of nitrogens with two attached hydrogens (primary N) is 1. The Morgan fingerprint density at radius 3 is 2.83 bits per heavy atom. The van der Waals surface area contributed by atoms with E-state index in [1.165, 1.54) is 26.9 Å². The molecule has 2 aromatic carbocycles. The van der Waals surface area contributed by atoms with Gasteiger partial charge in [0.15, 0.2) is 5.13 Å². The first kappa shape index (κ1) is 15.4. The molecule has 0 radical (unpaired) electrons. The predicted octanol–water partition coefficient (Wildman–Crippen LogP) is 3.99. The first-order valence-corrected chi connectivity index (χ1v) is 9.21. The van der Waals surface area contributed by atoms with Crippen molar-refractivity contribution in [1.82, 2.24) is 9.88 Å². The molecule has 3 nitrogen and oxygen atoms in total. The Bertz CT molecular complexity index is 856. The number of hydrogen-bond acceptors (Lipinski definition) is 4. The summed E-state index contributed by atoms with van der Waals surface area (Å²) in [5.41, 5.74) is 8.28. The Morgan fingerprint density at radius 2 is 1.92 bits per heavy atom. The van der Waals surface area contributed by atoms with Crippen LogP contribution in [0, 0.1) is 0 Å². The molecule has 1 aromatic heterocycles. The average molecular weight is 335 g/mol. The monoisotopic (exact) mass is 335 g/mol. The highest BCUT2D eigenvalue weighted by Crippen LogP contribution is 2.24. The van der Waals surface area contributed by atoms with Crippen LogP contribution in [0.4, 0.5) is 5.13 Å². The minimum Gasteiger partial charge on any atom is -0.375 e. The van der Waals surface area contributed by atoms with Crippen molar-refractivity contribution < 1.29 is 0 Å². The average Bonchev–Trinajstić information content (AvgIpc) is 2.86. The molecule has 0 aliphatic carbocycles. The molecule has 122 valence electrons. The minimum absolute atomic E-state index is 0.713. The smallest absolute Gasteiger partial charge is 0.180 e. The molecule has 0 amide bonds. The fourth-order valence-corrected chi connectivity index (χ4v) is 4.13. The van der Waals surface area contributed by atoms with Gasteiger partial charge in [0, 0.05) is 30.9 Å². The van der Waals surface area contributed by atoms with Crippen molar-refractivity contribution in [3.05, 3.63) is 64.7 Å². The number of benzene rings is 2. The number of nitrogen functional groups attached to an aromatic ring is 1. The standard InChI is InChI=1S/C20H21N3S/c21-20-22-18-9-12-23(13-10-19(18)24-20)11-3-4-15-7-8-16-5-1-2-6-17(16)14-15/h1-8,14H,9-13H2,(H2,21,22). The molecule has 2 N–H and O–H groups in total. The van der Waals surface area contributed by atoms with Gasteiger partial charge in [-0.25, -0.2) is 4.98 Å². The second kappa shape index (κ2) is 6.75. The van der Waals surface area contributed by atoms with Gasteiger partial charge in [0.2, 0.25) is 0 Å². The highest BCUT2D eigenvalue weighted by atomic mass is 32.1. The van der Waals surface area contributed by atoms with E-state index in [1.54, 1.807) is 11.3 Å². The molecule has 0 unspecified atom stereocenters. The summed E-state index contributed by atoms with van der Waals surface area (Å²) in [5, 5.41) is 3.30. The second-order valence-electron chi connectivity index (χ2n) is 6.23. The summed E-state index contributed by atoms with van der Waals surface area (Å²) in [5.74, 6) is 0. The lowest BCUT2D eigenvalue weighted by molar-refractivity contribution is 0.318. The largest absolute Gasteiger partial charge is 0.375 e. The number of hydrogen-bond donors (Lipinski definition) is 1. The molecule has 24 heavy (non-hydrogen) atoms. The van der Waals surface area contributed by atoms with Crippen LogP contribution in [0.25, 0.3) is 16.8 Å². The Hall–Kier alpha value is -2.17. The zero-order valence-electron chi connectivity index (χ0n) is 13.6. The number of aromatic nitrogens is 1. The summed E-state index contributed by atoms with van der Waals surface area (Å²) >= 11 is 1.65. The molecule has 1 aliphatic heterocycles. The summed E-state index contributed by atoms with van der Waals surface area (Å²) in [6, 6.07) is 15.1. The van der Waals surface area contributed by atoms with Gasteiger partial charge in [-0.3, -0.25) is 4.90 Å². The van der Waals surface area contributed by atoms with Crippen LogP contribution in [0.15, 0.2) is 48.5 Å². The maximum absolute atomic E-state index is 5.81. The van der Waals surface area contributed by atoms with E-state index in [0.29, 0.717) is 5.13 Å². The van der Waals surface area contributed by atoms with E-state index in [2.05, 4.69) is 64.5 Å². The lowest BCUT2D eigenvalue weighted by Crippen LogP contribution is -2.26. The van der Waals surface area contributed by atoms with Crippen molar-refractivity contribution in [2.75, 3.05) is 25.4 Å². The van der Waals surface area contributed by atoms with Crippen LogP contribution in [-0.4, -0.2) is 29.5 Å². The van der Waals surface area contributed by atoms with Crippen LogP contribution in [0.1, 0.15) is 16.1 Å².